The molecule has 0 radical (unpaired) electrons. The molecule has 2 aliphatic rings. The normalized spacial score (nSPS) is 18.0. The molecule has 7 nitrogen and oxygen atoms in total. The van der Waals surface area contributed by atoms with Gasteiger partial charge in [0.1, 0.15) is 0 Å². The Labute approximate surface area is 190 Å². The van der Waals surface area contributed by atoms with Gasteiger partial charge in [-0.15, -0.1) is 0 Å². The van der Waals surface area contributed by atoms with Crippen LogP contribution in [0.5, 0.6) is 0 Å². The summed E-state index contributed by atoms with van der Waals surface area (Å²) >= 11 is 1.62. The number of anilines is 2. The number of hydrogen-bond donors (Lipinski definition) is 1. The zero-order chi connectivity index (χ0) is 22.1. The maximum Gasteiger partial charge on any atom is 0.226 e. The summed E-state index contributed by atoms with van der Waals surface area (Å²) < 4.78 is 6.45. The van der Waals surface area contributed by atoms with Crippen molar-refractivity contribution in [2.75, 3.05) is 36.5 Å². The van der Waals surface area contributed by atoms with Gasteiger partial charge >= 0.3 is 0 Å². The van der Waals surface area contributed by atoms with Crippen molar-refractivity contribution < 1.29 is 14.3 Å². The fourth-order valence-electron chi connectivity index (χ4n) is 4.18. The van der Waals surface area contributed by atoms with Gasteiger partial charge in [0.2, 0.25) is 11.8 Å². The summed E-state index contributed by atoms with van der Waals surface area (Å²) in [6.07, 6.45) is 3.86. The van der Waals surface area contributed by atoms with E-state index in [0.717, 1.165) is 45.3 Å². The van der Waals surface area contributed by atoms with E-state index in [0.29, 0.717) is 13.2 Å². The second kappa shape index (κ2) is 8.72. The van der Waals surface area contributed by atoms with E-state index in [9.17, 15) is 9.59 Å². The average Bonchev–Trinajstić information content (AvgIpc) is 3.23. The minimum absolute atomic E-state index is 0.0877. The third kappa shape index (κ3) is 4.11. The molecule has 1 saturated heterocycles. The smallest absolute Gasteiger partial charge is 0.226 e. The van der Waals surface area contributed by atoms with E-state index in [4.69, 9.17) is 9.72 Å². The van der Waals surface area contributed by atoms with E-state index in [1.165, 1.54) is 6.92 Å². The number of fused-ring (bicyclic) bond motifs is 2. The highest BCUT2D eigenvalue weighted by Gasteiger charge is 2.28. The Balaban J connectivity index is 1.33. The highest BCUT2D eigenvalue weighted by Crippen LogP contribution is 2.34. The molecule has 3 heterocycles. The molecule has 0 spiro atoms. The fraction of sp³-hybridized carbons (Fsp3) is 0.292. The highest BCUT2D eigenvalue weighted by atomic mass is 32.1. The van der Waals surface area contributed by atoms with E-state index in [-0.39, 0.29) is 24.3 Å². The lowest BCUT2D eigenvalue weighted by atomic mass is 9.93. The number of hydrogen-bond acceptors (Lipinski definition) is 6. The van der Waals surface area contributed by atoms with E-state index in [1.807, 2.05) is 48.5 Å². The van der Waals surface area contributed by atoms with Crippen LogP contribution in [-0.4, -0.2) is 48.0 Å². The fourth-order valence-corrected chi connectivity index (χ4v) is 5.24. The van der Waals surface area contributed by atoms with Crippen LogP contribution in [0.25, 0.3) is 16.3 Å². The molecule has 0 saturated carbocycles. The Bertz CT molecular complexity index is 1200. The van der Waals surface area contributed by atoms with Gasteiger partial charge in [-0.25, -0.2) is 4.98 Å². The second-order valence-electron chi connectivity index (χ2n) is 7.92. The van der Waals surface area contributed by atoms with Gasteiger partial charge in [0.05, 0.1) is 35.9 Å². The predicted octanol–water partition coefficient (Wildman–Crippen LogP) is 4.04. The summed E-state index contributed by atoms with van der Waals surface area (Å²) in [7, 11) is 0. The van der Waals surface area contributed by atoms with Crippen molar-refractivity contribution in [2.45, 2.75) is 19.4 Å². The molecule has 1 N–H and O–H groups in total. The van der Waals surface area contributed by atoms with Crippen LogP contribution in [0.2, 0.25) is 0 Å². The topological polar surface area (TPSA) is 74.8 Å². The first kappa shape index (κ1) is 20.7. The summed E-state index contributed by atoms with van der Waals surface area (Å²) in [5, 5.41) is 3.99. The molecule has 0 bridgehead atoms. The lowest BCUT2D eigenvalue weighted by Crippen LogP contribution is -2.36. The van der Waals surface area contributed by atoms with E-state index < -0.39 is 0 Å². The molecule has 8 heteroatoms. The monoisotopic (exact) mass is 448 g/mol. The van der Waals surface area contributed by atoms with Crippen LogP contribution in [0.1, 0.15) is 30.5 Å². The van der Waals surface area contributed by atoms with Crippen LogP contribution in [0.3, 0.4) is 0 Å². The first-order valence-corrected chi connectivity index (χ1v) is 11.5. The molecule has 3 aromatic rings. The number of ether oxygens (including phenoxy) is 1. The van der Waals surface area contributed by atoms with Crippen LogP contribution in [0.15, 0.2) is 48.7 Å². The van der Waals surface area contributed by atoms with Crippen molar-refractivity contribution in [3.05, 3.63) is 59.8 Å². The molecule has 2 aromatic carbocycles. The minimum Gasteiger partial charge on any atom is -0.378 e. The van der Waals surface area contributed by atoms with Gasteiger partial charge in [-0.05, 0) is 35.4 Å². The Morgan fingerprint density at radius 1 is 1.19 bits per heavy atom. The molecule has 5 rings (SSSR count). The lowest BCUT2D eigenvalue weighted by molar-refractivity contribution is -0.129. The van der Waals surface area contributed by atoms with Crippen LogP contribution >= 0.6 is 11.3 Å². The van der Waals surface area contributed by atoms with Crippen molar-refractivity contribution in [1.29, 1.82) is 0 Å². The molecule has 2 amide bonds. The molecular formula is C24H24N4O3S. The number of carbonyl (C=O) groups is 2. The van der Waals surface area contributed by atoms with Gasteiger partial charge < -0.3 is 19.9 Å². The summed E-state index contributed by atoms with van der Waals surface area (Å²) in [6.45, 7) is 4.63. The second-order valence-corrected chi connectivity index (χ2v) is 8.93. The van der Waals surface area contributed by atoms with Crippen LogP contribution < -0.4 is 10.2 Å². The standard InChI is InChI=1S/C24H24N4O3S/c1-16(29)28-9-8-17-4-2-3-5-19(17)21(28)15-23(30)25-18-6-7-20-22(14-18)32-24(26-20)27-10-12-31-13-11-27/h2-9,14,21H,10-13,15H2,1H3,(H,25,30). The van der Waals surface area contributed by atoms with E-state index >= 15 is 0 Å². The average molecular weight is 449 g/mol. The van der Waals surface area contributed by atoms with Crippen molar-refractivity contribution in [3.63, 3.8) is 0 Å². The number of benzene rings is 2. The Hall–Kier alpha value is -3.23. The van der Waals surface area contributed by atoms with Crippen molar-refractivity contribution >= 4 is 50.3 Å². The SMILES string of the molecule is CC(=O)N1C=Cc2ccccc2C1CC(=O)Nc1ccc2nc(N3CCOCC3)sc2c1. The number of amides is 2. The molecule has 1 fully saturated rings. The van der Waals surface area contributed by atoms with Crippen molar-refractivity contribution in [1.82, 2.24) is 9.88 Å². The molecular weight excluding hydrogens is 424 g/mol. The maximum absolute atomic E-state index is 12.9. The predicted molar refractivity (Wildman–Crippen MR) is 127 cm³/mol. The Morgan fingerprint density at radius 2 is 2.00 bits per heavy atom. The number of thiazole rings is 1. The van der Waals surface area contributed by atoms with E-state index in [1.54, 1.807) is 22.4 Å². The van der Waals surface area contributed by atoms with Gasteiger partial charge in [-0.3, -0.25) is 9.59 Å². The van der Waals surface area contributed by atoms with Crippen LogP contribution in [0.4, 0.5) is 10.8 Å². The summed E-state index contributed by atoms with van der Waals surface area (Å²) in [5.74, 6) is -0.223. The largest absolute Gasteiger partial charge is 0.378 e. The first-order chi connectivity index (χ1) is 15.6. The van der Waals surface area contributed by atoms with Gasteiger partial charge in [-0.1, -0.05) is 35.6 Å². The number of nitrogens with one attached hydrogen (secondary N) is 1. The third-order valence-corrected chi connectivity index (χ3v) is 6.87. The Kier molecular flexibility index (Phi) is 5.63. The number of carbonyl (C=O) groups excluding carboxylic acids is 2. The summed E-state index contributed by atoms with van der Waals surface area (Å²) in [6, 6.07) is 13.3. The minimum atomic E-state index is -0.325. The molecule has 1 unspecified atom stereocenters. The summed E-state index contributed by atoms with van der Waals surface area (Å²) in [4.78, 5) is 33.7. The van der Waals surface area contributed by atoms with Crippen LogP contribution in [-0.2, 0) is 14.3 Å². The quantitative estimate of drug-likeness (QED) is 0.652. The molecule has 0 aliphatic carbocycles. The van der Waals surface area contributed by atoms with Crippen LogP contribution in [0, 0.1) is 0 Å². The number of aromatic nitrogens is 1. The van der Waals surface area contributed by atoms with Gasteiger partial charge in [0, 0.05) is 31.9 Å². The zero-order valence-corrected chi connectivity index (χ0v) is 18.6. The van der Waals surface area contributed by atoms with Crippen molar-refractivity contribution in [2.24, 2.45) is 0 Å². The van der Waals surface area contributed by atoms with Crippen molar-refractivity contribution in [3.8, 4) is 0 Å². The number of morpholine rings is 1. The van der Waals surface area contributed by atoms with E-state index in [2.05, 4.69) is 10.2 Å². The van der Waals surface area contributed by atoms with Gasteiger partial charge in [-0.2, -0.15) is 0 Å². The molecule has 32 heavy (non-hydrogen) atoms. The number of nitrogens with zero attached hydrogens (tertiary/aromatic N) is 3. The Morgan fingerprint density at radius 3 is 2.81 bits per heavy atom. The number of rotatable bonds is 4. The molecule has 1 atom stereocenters. The highest BCUT2D eigenvalue weighted by molar-refractivity contribution is 7.22. The third-order valence-electron chi connectivity index (χ3n) is 5.79. The first-order valence-electron chi connectivity index (χ1n) is 10.7. The van der Waals surface area contributed by atoms with Gasteiger partial charge in [0.25, 0.3) is 0 Å². The molecule has 1 aromatic heterocycles. The maximum atomic E-state index is 12.9. The lowest BCUT2D eigenvalue weighted by Gasteiger charge is -2.32. The molecule has 164 valence electrons. The molecule has 2 aliphatic heterocycles. The van der Waals surface area contributed by atoms with Gasteiger partial charge in [0.15, 0.2) is 5.13 Å². The zero-order valence-electron chi connectivity index (χ0n) is 17.8. The summed E-state index contributed by atoms with van der Waals surface area (Å²) in [5.41, 5.74) is 3.66.